The van der Waals surface area contributed by atoms with E-state index in [9.17, 15) is 18.0 Å². The number of benzene rings is 2. The Morgan fingerprint density at radius 1 is 1.12 bits per heavy atom. The molecule has 8 nitrogen and oxygen atoms in total. The van der Waals surface area contributed by atoms with E-state index in [1.165, 1.54) is 20.3 Å². The summed E-state index contributed by atoms with van der Waals surface area (Å²) in [6.45, 7) is 3.75. The Bertz CT molecular complexity index is 1130. The van der Waals surface area contributed by atoms with Crippen LogP contribution in [0.3, 0.4) is 0 Å². The average Bonchev–Trinajstić information content (AvgIpc) is 3.12. The lowest BCUT2D eigenvalue weighted by Gasteiger charge is -2.22. The Morgan fingerprint density at radius 3 is 2.53 bits per heavy atom. The number of methoxy groups -OCH3 is 2. The van der Waals surface area contributed by atoms with Gasteiger partial charge in [-0.25, -0.2) is 8.42 Å². The van der Waals surface area contributed by atoms with Gasteiger partial charge in [-0.2, -0.15) is 0 Å². The molecule has 3 rings (SSSR count). The number of amides is 2. The highest BCUT2D eigenvalue weighted by Gasteiger charge is 2.31. The molecule has 0 radical (unpaired) electrons. The van der Waals surface area contributed by atoms with E-state index in [1.807, 2.05) is 6.92 Å². The smallest absolute Gasteiger partial charge is 0.226 e. The second kappa shape index (κ2) is 9.60. The number of hydrogen-bond donors (Lipinski definition) is 1. The van der Waals surface area contributed by atoms with E-state index in [1.54, 1.807) is 42.2 Å². The summed E-state index contributed by atoms with van der Waals surface area (Å²) in [5.74, 6) is 0.236. The molecule has 0 saturated heterocycles. The fourth-order valence-corrected chi connectivity index (χ4v) is 5.10. The summed E-state index contributed by atoms with van der Waals surface area (Å²) < 4.78 is 36.1. The van der Waals surface area contributed by atoms with Gasteiger partial charge in [0.2, 0.25) is 11.8 Å². The monoisotopic (exact) mass is 460 g/mol. The molecule has 1 N–H and O–H groups in total. The third-order valence-corrected chi connectivity index (χ3v) is 7.19. The molecule has 0 unspecified atom stereocenters. The zero-order valence-electron chi connectivity index (χ0n) is 18.7. The second-order valence-corrected chi connectivity index (χ2v) is 9.75. The van der Waals surface area contributed by atoms with E-state index >= 15 is 0 Å². The summed E-state index contributed by atoms with van der Waals surface area (Å²) in [6, 6.07) is 9.73. The minimum atomic E-state index is -3.67. The molecule has 1 aliphatic rings. The number of sulfone groups is 1. The lowest BCUT2D eigenvalue weighted by Crippen LogP contribution is -2.35. The fraction of sp³-hybridized carbons (Fsp3) is 0.391. The number of ether oxygens (including phenoxy) is 2. The maximum atomic E-state index is 12.8. The molecule has 1 aliphatic heterocycles. The third-order valence-electron chi connectivity index (χ3n) is 5.48. The van der Waals surface area contributed by atoms with Crippen LogP contribution in [0, 0.1) is 0 Å². The molecular formula is C23H28N2O6S. The standard InChI is InChI=1S/C23H28N2O6S/c1-5-23(27)25-15(2)12-16-13-18(7-9-20(16)25)32(28,29)11-10-22(26)24-19-8-6-17(30-3)14-21(19)31-4/h6-9,13-15H,5,10-12H2,1-4H3,(H,24,26)/t15-/m1/s1. The first-order valence-electron chi connectivity index (χ1n) is 10.4. The first kappa shape index (κ1) is 23.6. The molecule has 0 aromatic heterocycles. The van der Waals surface area contributed by atoms with Crippen molar-refractivity contribution in [1.82, 2.24) is 0 Å². The summed E-state index contributed by atoms with van der Waals surface area (Å²) in [4.78, 5) is 26.5. The van der Waals surface area contributed by atoms with Crippen molar-refractivity contribution < 1.29 is 27.5 Å². The zero-order chi connectivity index (χ0) is 23.5. The number of nitrogens with one attached hydrogen (secondary N) is 1. The van der Waals surface area contributed by atoms with Crippen LogP contribution in [0.25, 0.3) is 0 Å². The Morgan fingerprint density at radius 2 is 1.88 bits per heavy atom. The molecule has 1 atom stereocenters. The first-order valence-corrected chi connectivity index (χ1v) is 12.0. The van der Waals surface area contributed by atoms with E-state index in [0.29, 0.717) is 30.0 Å². The van der Waals surface area contributed by atoms with Gasteiger partial charge in [0.25, 0.3) is 0 Å². The van der Waals surface area contributed by atoms with Crippen molar-refractivity contribution in [3.05, 3.63) is 42.0 Å². The van der Waals surface area contributed by atoms with Crippen LogP contribution in [0.15, 0.2) is 41.3 Å². The van der Waals surface area contributed by atoms with Gasteiger partial charge >= 0.3 is 0 Å². The maximum Gasteiger partial charge on any atom is 0.226 e. The highest BCUT2D eigenvalue weighted by molar-refractivity contribution is 7.91. The van der Waals surface area contributed by atoms with Gasteiger partial charge in [-0.1, -0.05) is 6.92 Å². The summed E-state index contributed by atoms with van der Waals surface area (Å²) in [6.07, 6.45) is 0.783. The minimum Gasteiger partial charge on any atom is -0.497 e. The molecule has 2 aromatic carbocycles. The molecule has 172 valence electrons. The van der Waals surface area contributed by atoms with Gasteiger partial charge in [-0.15, -0.1) is 0 Å². The first-order chi connectivity index (χ1) is 15.2. The van der Waals surface area contributed by atoms with Crippen molar-refractivity contribution in [2.24, 2.45) is 0 Å². The van der Waals surface area contributed by atoms with Crippen molar-refractivity contribution >= 4 is 33.0 Å². The highest BCUT2D eigenvalue weighted by atomic mass is 32.2. The van der Waals surface area contributed by atoms with Crippen LogP contribution in [0.4, 0.5) is 11.4 Å². The summed E-state index contributed by atoms with van der Waals surface area (Å²) in [7, 11) is -0.676. The lowest BCUT2D eigenvalue weighted by atomic mass is 10.1. The van der Waals surface area contributed by atoms with Gasteiger partial charge in [-0.05, 0) is 49.2 Å². The van der Waals surface area contributed by atoms with E-state index in [0.717, 1.165) is 11.3 Å². The third kappa shape index (κ3) is 4.88. The summed E-state index contributed by atoms with van der Waals surface area (Å²) in [5.41, 5.74) is 2.02. The van der Waals surface area contributed by atoms with Crippen molar-refractivity contribution in [3.63, 3.8) is 0 Å². The highest BCUT2D eigenvalue weighted by Crippen LogP contribution is 2.34. The number of carbonyl (C=O) groups is 2. The minimum absolute atomic E-state index is 0.0116. The largest absolute Gasteiger partial charge is 0.497 e. The molecule has 1 heterocycles. The second-order valence-electron chi connectivity index (χ2n) is 7.64. The van der Waals surface area contributed by atoms with Crippen molar-refractivity contribution in [3.8, 4) is 11.5 Å². The van der Waals surface area contributed by atoms with Gasteiger partial charge in [0, 0.05) is 30.6 Å². The van der Waals surface area contributed by atoms with Crippen molar-refractivity contribution in [2.75, 3.05) is 30.2 Å². The van der Waals surface area contributed by atoms with E-state index < -0.39 is 15.7 Å². The maximum absolute atomic E-state index is 12.8. The molecule has 32 heavy (non-hydrogen) atoms. The predicted octanol–water partition coefficient (Wildman–Crippen LogP) is 3.19. The summed E-state index contributed by atoms with van der Waals surface area (Å²) in [5, 5.41) is 2.68. The molecule has 0 fully saturated rings. The van der Waals surface area contributed by atoms with Crippen molar-refractivity contribution in [1.29, 1.82) is 0 Å². The fourth-order valence-electron chi connectivity index (χ4n) is 3.81. The molecular weight excluding hydrogens is 432 g/mol. The van der Waals surface area contributed by atoms with E-state index in [2.05, 4.69) is 5.32 Å². The number of rotatable bonds is 8. The number of anilines is 2. The van der Waals surface area contributed by atoms with Crippen LogP contribution in [-0.2, 0) is 25.8 Å². The van der Waals surface area contributed by atoms with Crippen LogP contribution in [-0.4, -0.2) is 46.2 Å². The Labute approximate surface area is 188 Å². The Hall–Kier alpha value is -3.07. The molecule has 0 spiro atoms. The zero-order valence-corrected chi connectivity index (χ0v) is 19.5. The lowest BCUT2D eigenvalue weighted by molar-refractivity contribution is -0.118. The normalized spacial score (nSPS) is 15.2. The SMILES string of the molecule is CCC(=O)N1c2ccc(S(=O)(=O)CCC(=O)Nc3ccc(OC)cc3OC)cc2C[C@H]1C. The Balaban J connectivity index is 1.69. The average molecular weight is 461 g/mol. The molecule has 0 bridgehead atoms. The number of hydrogen-bond acceptors (Lipinski definition) is 6. The number of fused-ring (bicyclic) bond motifs is 1. The van der Waals surface area contributed by atoms with Crippen LogP contribution in [0.2, 0.25) is 0 Å². The predicted molar refractivity (Wildman–Crippen MR) is 122 cm³/mol. The van der Waals surface area contributed by atoms with Crippen LogP contribution in [0.1, 0.15) is 32.3 Å². The summed E-state index contributed by atoms with van der Waals surface area (Å²) >= 11 is 0. The van der Waals surface area contributed by atoms with Gasteiger partial charge in [0.1, 0.15) is 11.5 Å². The topological polar surface area (TPSA) is 102 Å². The molecule has 0 aliphatic carbocycles. The van der Waals surface area contributed by atoms with Gasteiger partial charge < -0.3 is 19.7 Å². The van der Waals surface area contributed by atoms with E-state index in [-0.39, 0.29) is 29.0 Å². The number of nitrogens with zero attached hydrogens (tertiary/aromatic N) is 1. The number of carbonyl (C=O) groups excluding carboxylic acids is 2. The molecule has 2 amide bonds. The molecule has 9 heteroatoms. The van der Waals surface area contributed by atoms with Crippen LogP contribution in [0.5, 0.6) is 11.5 Å². The van der Waals surface area contributed by atoms with Crippen LogP contribution >= 0.6 is 0 Å². The van der Waals surface area contributed by atoms with Gasteiger partial charge in [-0.3, -0.25) is 9.59 Å². The van der Waals surface area contributed by atoms with Gasteiger partial charge in [0.15, 0.2) is 9.84 Å². The van der Waals surface area contributed by atoms with Gasteiger partial charge in [0.05, 0.1) is 30.6 Å². The van der Waals surface area contributed by atoms with Crippen LogP contribution < -0.4 is 19.7 Å². The van der Waals surface area contributed by atoms with E-state index in [4.69, 9.17) is 9.47 Å². The molecule has 0 saturated carbocycles. The van der Waals surface area contributed by atoms with Crippen molar-refractivity contribution in [2.45, 2.75) is 44.0 Å². The Kier molecular flexibility index (Phi) is 7.08. The molecule has 2 aromatic rings. The quantitative estimate of drug-likeness (QED) is 0.649.